The first-order chi connectivity index (χ1) is 6.25. The van der Waals surface area contributed by atoms with Crippen LogP contribution in [0.2, 0.25) is 0 Å². The smallest absolute Gasteiger partial charge is 0.212 e. The van der Waals surface area contributed by atoms with Crippen molar-refractivity contribution in [3.63, 3.8) is 0 Å². The minimum absolute atomic E-state index is 0.206. The fourth-order valence-corrected chi connectivity index (χ4v) is 3.19. The molecular formula is C10H21NO2S. The molecule has 0 fully saturated rings. The van der Waals surface area contributed by atoms with Gasteiger partial charge in [0.15, 0.2) is 0 Å². The predicted molar refractivity (Wildman–Crippen MR) is 60.7 cm³/mol. The number of sulfonamides is 1. The van der Waals surface area contributed by atoms with Crippen molar-refractivity contribution in [2.45, 2.75) is 39.7 Å². The van der Waals surface area contributed by atoms with Crippen LogP contribution in [-0.4, -0.2) is 30.6 Å². The van der Waals surface area contributed by atoms with Crippen LogP contribution in [0.5, 0.6) is 0 Å². The van der Waals surface area contributed by atoms with E-state index < -0.39 is 10.0 Å². The van der Waals surface area contributed by atoms with Gasteiger partial charge in [0.2, 0.25) is 10.0 Å². The molecule has 0 aromatic carbocycles. The lowest BCUT2D eigenvalue weighted by molar-refractivity contribution is 0.270. The van der Waals surface area contributed by atoms with E-state index >= 15 is 0 Å². The Morgan fingerprint density at radius 3 is 2.14 bits per heavy atom. The fourth-order valence-electron chi connectivity index (χ4n) is 1.29. The van der Waals surface area contributed by atoms with Crippen LogP contribution < -0.4 is 0 Å². The van der Waals surface area contributed by atoms with Gasteiger partial charge in [-0.1, -0.05) is 13.0 Å². The summed E-state index contributed by atoms with van der Waals surface area (Å²) in [5, 5.41) is 0. The highest BCUT2D eigenvalue weighted by Crippen LogP contribution is 2.18. The summed E-state index contributed by atoms with van der Waals surface area (Å²) in [4.78, 5) is 0. The summed E-state index contributed by atoms with van der Waals surface area (Å²) in [5.74, 6) is 0.206. The predicted octanol–water partition coefficient (Wildman–Crippen LogP) is 2.01. The van der Waals surface area contributed by atoms with Crippen molar-refractivity contribution in [2.24, 2.45) is 0 Å². The topological polar surface area (TPSA) is 37.4 Å². The molecular weight excluding hydrogens is 198 g/mol. The zero-order valence-corrected chi connectivity index (χ0v) is 10.4. The summed E-state index contributed by atoms with van der Waals surface area (Å²) in [6.07, 6.45) is 2.27. The highest BCUT2D eigenvalue weighted by molar-refractivity contribution is 7.89. The largest absolute Gasteiger partial charge is 0.214 e. The average Bonchev–Trinajstić information content (AvgIpc) is 1.97. The Bertz CT molecular complexity index is 275. The van der Waals surface area contributed by atoms with E-state index in [0.29, 0.717) is 13.0 Å². The average molecular weight is 219 g/mol. The Labute approximate surface area is 87.9 Å². The standard InChI is InChI=1S/C10H21NO2S/c1-6-8-11(10(3,4)5)14(12,13)9-7-2/h6H,1,7-9H2,2-5H3. The normalized spacial score (nSPS) is 13.2. The van der Waals surface area contributed by atoms with Crippen molar-refractivity contribution < 1.29 is 8.42 Å². The third-order valence-electron chi connectivity index (χ3n) is 1.84. The Balaban J connectivity index is 4.92. The molecule has 0 saturated heterocycles. The monoisotopic (exact) mass is 219 g/mol. The molecule has 0 unspecified atom stereocenters. The van der Waals surface area contributed by atoms with Crippen LogP contribution in [0.1, 0.15) is 34.1 Å². The number of hydrogen-bond acceptors (Lipinski definition) is 2. The van der Waals surface area contributed by atoms with Crippen LogP contribution in [0.25, 0.3) is 0 Å². The first kappa shape index (κ1) is 13.7. The molecule has 0 rings (SSSR count). The van der Waals surface area contributed by atoms with E-state index in [1.807, 2.05) is 27.7 Å². The first-order valence-corrected chi connectivity index (χ1v) is 6.48. The van der Waals surface area contributed by atoms with Crippen molar-refractivity contribution in [3.8, 4) is 0 Å². The molecule has 0 aromatic rings. The van der Waals surface area contributed by atoms with Gasteiger partial charge in [-0.3, -0.25) is 0 Å². The quantitative estimate of drug-likeness (QED) is 0.663. The molecule has 0 aromatic heterocycles. The van der Waals surface area contributed by atoms with Gasteiger partial charge in [0.25, 0.3) is 0 Å². The maximum atomic E-state index is 11.8. The highest BCUT2D eigenvalue weighted by Gasteiger charge is 2.30. The Hall–Kier alpha value is -0.350. The Morgan fingerprint density at radius 1 is 1.36 bits per heavy atom. The van der Waals surface area contributed by atoms with Crippen LogP contribution in [0.4, 0.5) is 0 Å². The molecule has 0 saturated carbocycles. The zero-order chi connectivity index (χ0) is 11.4. The van der Waals surface area contributed by atoms with Gasteiger partial charge in [-0.25, -0.2) is 8.42 Å². The molecule has 0 spiro atoms. The van der Waals surface area contributed by atoms with E-state index in [0.717, 1.165) is 0 Å². The van der Waals surface area contributed by atoms with Crippen LogP contribution in [0.15, 0.2) is 12.7 Å². The summed E-state index contributed by atoms with van der Waals surface area (Å²) < 4.78 is 25.2. The van der Waals surface area contributed by atoms with Gasteiger partial charge >= 0.3 is 0 Å². The Kier molecular flexibility index (Phi) is 4.81. The van der Waals surface area contributed by atoms with Crippen molar-refractivity contribution in [1.29, 1.82) is 0 Å². The Morgan fingerprint density at radius 2 is 1.86 bits per heavy atom. The highest BCUT2D eigenvalue weighted by atomic mass is 32.2. The van der Waals surface area contributed by atoms with Gasteiger partial charge in [-0.15, -0.1) is 6.58 Å². The summed E-state index contributed by atoms with van der Waals surface area (Å²) in [7, 11) is -3.13. The molecule has 0 aliphatic heterocycles. The van der Waals surface area contributed by atoms with Crippen LogP contribution in [0, 0.1) is 0 Å². The molecule has 0 amide bonds. The lowest BCUT2D eigenvalue weighted by Crippen LogP contribution is -2.46. The van der Waals surface area contributed by atoms with Gasteiger partial charge in [-0.05, 0) is 27.2 Å². The summed E-state index contributed by atoms with van der Waals surface area (Å²) in [5.41, 5.74) is -0.373. The molecule has 84 valence electrons. The first-order valence-electron chi connectivity index (χ1n) is 4.87. The maximum absolute atomic E-state index is 11.8. The third-order valence-corrected chi connectivity index (χ3v) is 4.13. The third kappa shape index (κ3) is 3.80. The van der Waals surface area contributed by atoms with E-state index in [2.05, 4.69) is 6.58 Å². The van der Waals surface area contributed by atoms with Gasteiger partial charge in [-0.2, -0.15) is 4.31 Å². The van der Waals surface area contributed by atoms with Crippen molar-refractivity contribution in [2.75, 3.05) is 12.3 Å². The van der Waals surface area contributed by atoms with E-state index in [-0.39, 0.29) is 11.3 Å². The number of nitrogens with zero attached hydrogens (tertiary/aromatic N) is 1. The van der Waals surface area contributed by atoms with Crippen molar-refractivity contribution in [3.05, 3.63) is 12.7 Å². The zero-order valence-electron chi connectivity index (χ0n) is 9.58. The van der Waals surface area contributed by atoms with E-state index in [1.165, 1.54) is 4.31 Å². The van der Waals surface area contributed by atoms with Crippen LogP contribution >= 0.6 is 0 Å². The second-order valence-corrected chi connectivity index (χ2v) is 6.32. The molecule has 4 heteroatoms. The van der Waals surface area contributed by atoms with E-state index in [1.54, 1.807) is 6.08 Å². The van der Waals surface area contributed by atoms with E-state index in [4.69, 9.17) is 0 Å². The van der Waals surface area contributed by atoms with Crippen molar-refractivity contribution >= 4 is 10.0 Å². The fraction of sp³-hybridized carbons (Fsp3) is 0.800. The molecule has 0 N–H and O–H groups in total. The van der Waals surface area contributed by atoms with E-state index in [9.17, 15) is 8.42 Å². The number of hydrogen-bond donors (Lipinski definition) is 0. The minimum Gasteiger partial charge on any atom is -0.212 e. The molecule has 0 heterocycles. The van der Waals surface area contributed by atoms with Crippen LogP contribution in [-0.2, 0) is 10.0 Å². The molecule has 3 nitrogen and oxygen atoms in total. The van der Waals surface area contributed by atoms with Gasteiger partial charge in [0.05, 0.1) is 5.75 Å². The maximum Gasteiger partial charge on any atom is 0.214 e. The molecule has 0 radical (unpaired) electrons. The van der Waals surface area contributed by atoms with Crippen LogP contribution in [0.3, 0.4) is 0 Å². The van der Waals surface area contributed by atoms with Gasteiger partial charge in [0, 0.05) is 12.1 Å². The summed E-state index contributed by atoms with van der Waals surface area (Å²) >= 11 is 0. The second-order valence-electron chi connectivity index (χ2n) is 4.31. The lowest BCUT2D eigenvalue weighted by atomic mass is 10.1. The molecule has 14 heavy (non-hydrogen) atoms. The molecule has 0 bridgehead atoms. The minimum atomic E-state index is -3.13. The molecule has 0 atom stereocenters. The van der Waals surface area contributed by atoms with Crippen molar-refractivity contribution in [1.82, 2.24) is 4.31 Å². The second kappa shape index (κ2) is 4.94. The molecule has 0 aliphatic rings. The van der Waals surface area contributed by atoms with Gasteiger partial charge < -0.3 is 0 Å². The lowest BCUT2D eigenvalue weighted by Gasteiger charge is -2.33. The van der Waals surface area contributed by atoms with Gasteiger partial charge in [0.1, 0.15) is 0 Å². The molecule has 0 aliphatic carbocycles. The summed E-state index contributed by atoms with van der Waals surface area (Å²) in [6.45, 7) is 11.5. The summed E-state index contributed by atoms with van der Waals surface area (Å²) in [6, 6.07) is 0. The number of rotatable bonds is 5. The SMILES string of the molecule is C=CCN(C(C)(C)C)S(=O)(=O)CCC.